The summed E-state index contributed by atoms with van der Waals surface area (Å²) in [7, 11) is -4.05. The van der Waals surface area contributed by atoms with E-state index in [9.17, 15) is 21.6 Å². The molecule has 0 bridgehead atoms. The summed E-state index contributed by atoms with van der Waals surface area (Å²) in [5.41, 5.74) is 0.908. The molecule has 0 unspecified atom stereocenters. The SMILES string of the molecule is Cc1ccc(S(=O)(=O)/N=C(/Cc2ccccc2)Nc2cccc(C(F)(F)F)c2)cc1. The Kier molecular flexibility index (Phi) is 6.26. The number of rotatable bonds is 5. The molecule has 0 aliphatic carbocycles. The fourth-order valence-corrected chi connectivity index (χ4v) is 3.72. The molecule has 30 heavy (non-hydrogen) atoms. The molecule has 0 fully saturated rings. The molecule has 0 atom stereocenters. The van der Waals surface area contributed by atoms with E-state index < -0.39 is 21.8 Å². The topological polar surface area (TPSA) is 58.5 Å². The smallest absolute Gasteiger partial charge is 0.343 e. The van der Waals surface area contributed by atoms with Crippen molar-refractivity contribution >= 4 is 21.5 Å². The van der Waals surface area contributed by atoms with E-state index in [2.05, 4.69) is 9.71 Å². The number of amidine groups is 1. The number of anilines is 1. The lowest BCUT2D eigenvalue weighted by Gasteiger charge is -2.13. The molecule has 0 spiro atoms. The minimum absolute atomic E-state index is 0.00417. The van der Waals surface area contributed by atoms with Gasteiger partial charge in [-0.15, -0.1) is 4.40 Å². The Balaban J connectivity index is 1.98. The van der Waals surface area contributed by atoms with Crippen LogP contribution in [0.3, 0.4) is 0 Å². The monoisotopic (exact) mass is 432 g/mol. The average molecular weight is 432 g/mol. The molecule has 0 aliphatic rings. The molecule has 0 saturated carbocycles. The Morgan fingerprint density at radius 1 is 0.933 bits per heavy atom. The highest BCUT2D eigenvalue weighted by Crippen LogP contribution is 2.30. The summed E-state index contributed by atoms with van der Waals surface area (Å²) >= 11 is 0. The van der Waals surface area contributed by atoms with Crippen LogP contribution >= 0.6 is 0 Å². The first-order chi connectivity index (χ1) is 14.1. The number of alkyl halides is 3. The summed E-state index contributed by atoms with van der Waals surface area (Å²) in [6.45, 7) is 1.83. The van der Waals surface area contributed by atoms with Crippen molar-refractivity contribution < 1.29 is 21.6 Å². The molecule has 0 heterocycles. The highest BCUT2D eigenvalue weighted by atomic mass is 32.2. The molecule has 0 aliphatic heterocycles. The van der Waals surface area contributed by atoms with Gasteiger partial charge >= 0.3 is 6.18 Å². The first kappa shape index (κ1) is 21.6. The second-order valence-corrected chi connectivity index (χ2v) is 8.30. The van der Waals surface area contributed by atoms with E-state index in [1.807, 2.05) is 13.0 Å². The quantitative estimate of drug-likeness (QED) is 0.431. The van der Waals surface area contributed by atoms with E-state index in [0.29, 0.717) is 0 Å². The number of aryl methyl sites for hydroxylation is 1. The van der Waals surface area contributed by atoms with E-state index in [-0.39, 0.29) is 22.8 Å². The number of nitrogens with zero attached hydrogens (tertiary/aromatic N) is 1. The van der Waals surface area contributed by atoms with Crippen LogP contribution in [-0.4, -0.2) is 14.3 Å². The zero-order valence-electron chi connectivity index (χ0n) is 16.0. The van der Waals surface area contributed by atoms with Gasteiger partial charge in [0.05, 0.1) is 10.5 Å². The van der Waals surface area contributed by atoms with Gasteiger partial charge < -0.3 is 5.32 Å². The fourth-order valence-electron chi connectivity index (χ4n) is 2.74. The van der Waals surface area contributed by atoms with Crippen molar-refractivity contribution in [3.63, 3.8) is 0 Å². The van der Waals surface area contributed by atoms with Crippen molar-refractivity contribution in [1.82, 2.24) is 0 Å². The lowest BCUT2D eigenvalue weighted by atomic mass is 10.1. The van der Waals surface area contributed by atoms with Gasteiger partial charge in [0.2, 0.25) is 0 Å². The Morgan fingerprint density at radius 3 is 2.23 bits per heavy atom. The largest absolute Gasteiger partial charge is 0.416 e. The van der Waals surface area contributed by atoms with Crippen molar-refractivity contribution in [1.29, 1.82) is 0 Å². The maximum absolute atomic E-state index is 13.0. The van der Waals surface area contributed by atoms with Crippen LogP contribution < -0.4 is 5.32 Å². The van der Waals surface area contributed by atoms with Gasteiger partial charge in [-0.3, -0.25) is 0 Å². The van der Waals surface area contributed by atoms with Gasteiger partial charge in [0.15, 0.2) is 0 Å². The van der Waals surface area contributed by atoms with Crippen molar-refractivity contribution in [2.45, 2.75) is 24.4 Å². The molecule has 156 valence electrons. The molecule has 0 amide bonds. The van der Waals surface area contributed by atoms with Crippen molar-refractivity contribution in [3.8, 4) is 0 Å². The average Bonchev–Trinajstić information content (AvgIpc) is 2.68. The van der Waals surface area contributed by atoms with Crippen LogP contribution in [0.15, 0.2) is 88.2 Å². The van der Waals surface area contributed by atoms with E-state index in [1.165, 1.54) is 24.3 Å². The second-order valence-electron chi connectivity index (χ2n) is 6.69. The molecule has 3 rings (SSSR count). The predicted molar refractivity (Wildman–Crippen MR) is 111 cm³/mol. The zero-order chi connectivity index (χ0) is 21.8. The van der Waals surface area contributed by atoms with Crippen LogP contribution in [-0.2, 0) is 22.6 Å². The van der Waals surface area contributed by atoms with Crippen LogP contribution in [0, 0.1) is 6.92 Å². The zero-order valence-corrected chi connectivity index (χ0v) is 16.8. The van der Waals surface area contributed by atoms with Crippen molar-refractivity contribution in [2.24, 2.45) is 4.40 Å². The lowest BCUT2D eigenvalue weighted by molar-refractivity contribution is -0.137. The molecule has 0 saturated heterocycles. The second kappa shape index (κ2) is 8.71. The molecule has 3 aromatic carbocycles. The first-order valence-corrected chi connectivity index (χ1v) is 10.5. The first-order valence-electron chi connectivity index (χ1n) is 9.02. The Labute approximate surface area is 173 Å². The van der Waals surface area contributed by atoms with Crippen LogP contribution in [0.2, 0.25) is 0 Å². The van der Waals surface area contributed by atoms with Gasteiger partial charge in [-0.2, -0.15) is 21.6 Å². The van der Waals surface area contributed by atoms with Gasteiger partial charge in [-0.1, -0.05) is 54.1 Å². The van der Waals surface area contributed by atoms with Gasteiger partial charge in [-0.25, -0.2) is 0 Å². The number of hydrogen-bond acceptors (Lipinski definition) is 2. The molecule has 4 nitrogen and oxygen atoms in total. The van der Waals surface area contributed by atoms with Crippen LogP contribution in [0.5, 0.6) is 0 Å². The minimum atomic E-state index is -4.51. The van der Waals surface area contributed by atoms with Crippen molar-refractivity contribution in [3.05, 3.63) is 95.6 Å². The van der Waals surface area contributed by atoms with Gasteiger partial charge in [0.25, 0.3) is 10.0 Å². The number of halogens is 3. The number of sulfonamides is 1. The van der Waals surface area contributed by atoms with Crippen LogP contribution in [0.1, 0.15) is 16.7 Å². The number of nitrogens with one attached hydrogen (secondary N) is 1. The van der Waals surface area contributed by atoms with Crippen LogP contribution in [0.4, 0.5) is 18.9 Å². The van der Waals surface area contributed by atoms with Gasteiger partial charge in [0.1, 0.15) is 5.84 Å². The van der Waals surface area contributed by atoms with E-state index in [1.54, 1.807) is 36.4 Å². The summed E-state index contributed by atoms with van der Waals surface area (Å²) in [5, 5.41) is 2.75. The lowest BCUT2D eigenvalue weighted by Crippen LogP contribution is -2.18. The third-order valence-electron chi connectivity index (χ3n) is 4.24. The maximum atomic E-state index is 13.0. The highest BCUT2D eigenvalue weighted by Gasteiger charge is 2.30. The number of hydrogen-bond donors (Lipinski definition) is 1. The fraction of sp³-hybridized carbons (Fsp3) is 0.136. The number of benzene rings is 3. The van der Waals surface area contributed by atoms with Crippen LogP contribution in [0.25, 0.3) is 0 Å². The summed E-state index contributed by atoms with van der Waals surface area (Å²) in [4.78, 5) is 0.00417. The van der Waals surface area contributed by atoms with Gasteiger partial charge in [-0.05, 0) is 42.8 Å². The predicted octanol–water partition coefficient (Wildman–Crippen LogP) is 5.46. The molecule has 0 radical (unpaired) electrons. The molecule has 8 heteroatoms. The molecular weight excluding hydrogens is 413 g/mol. The minimum Gasteiger partial charge on any atom is -0.343 e. The third-order valence-corrected chi connectivity index (χ3v) is 5.57. The summed E-state index contributed by atoms with van der Waals surface area (Å²) in [6, 6.07) is 19.7. The van der Waals surface area contributed by atoms with Crippen molar-refractivity contribution in [2.75, 3.05) is 5.32 Å². The Hall–Kier alpha value is -3.13. The van der Waals surface area contributed by atoms with E-state index >= 15 is 0 Å². The maximum Gasteiger partial charge on any atom is 0.416 e. The standard InChI is InChI=1S/C22H19F3N2O2S/c1-16-10-12-20(13-11-16)30(28,29)27-21(14-17-6-3-2-4-7-17)26-19-9-5-8-18(15-19)22(23,24)25/h2-13,15H,14H2,1H3,(H,26,27). The summed E-state index contributed by atoms with van der Waals surface area (Å²) in [6.07, 6.45) is -4.41. The molecule has 0 aromatic heterocycles. The Bertz CT molecular complexity index is 1140. The Morgan fingerprint density at radius 2 is 1.60 bits per heavy atom. The van der Waals surface area contributed by atoms with E-state index in [0.717, 1.165) is 23.3 Å². The van der Waals surface area contributed by atoms with E-state index in [4.69, 9.17) is 0 Å². The van der Waals surface area contributed by atoms with Gasteiger partial charge in [0, 0.05) is 12.1 Å². The summed E-state index contributed by atoms with van der Waals surface area (Å²) < 4.78 is 68.5. The normalized spacial score (nSPS) is 12.6. The molecule has 3 aromatic rings. The summed E-state index contributed by atoms with van der Waals surface area (Å²) in [5.74, 6) is 0.0149. The highest BCUT2D eigenvalue weighted by molar-refractivity contribution is 7.90. The molecule has 1 N–H and O–H groups in total. The molecular formula is C22H19F3N2O2S. The third kappa shape index (κ3) is 5.70.